The van der Waals surface area contributed by atoms with Crippen LogP contribution in [0.2, 0.25) is 0 Å². The van der Waals surface area contributed by atoms with Gasteiger partial charge in [0.2, 0.25) is 5.91 Å². The monoisotopic (exact) mass is 924 g/mol. The lowest BCUT2D eigenvalue weighted by atomic mass is 10.0. The molecule has 0 spiro atoms. The van der Waals surface area contributed by atoms with Crippen LogP contribution in [-0.2, 0) is 4.79 Å². The quantitative estimate of drug-likeness (QED) is 0.0420. The Hall–Kier alpha value is -1.65. The molecule has 66 heavy (non-hydrogen) atoms. The van der Waals surface area contributed by atoms with Gasteiger partial charge < -0.3 is 15.5 Å². The zero-order valence-corrected chi connectivity index (χ0v) is 44.7. The summed E-state index contributed by atoms with van der Waals surface area (Å²) in [7, 11) is 0. The average molecular weight is 925 g/mol. The van der Waals surface area contributed by atoms with E-state index in [1.807, 2.05) is 6.08 Å². The Labute approximate surface area is 414 Å². The van der Waals surface area contributed by atoms with Gasteiger partial charge in [0.25, 0.3) is 0 Å². The zero-order valence-electron chi connectivity index (χ0n) is 44.7. The van der Waals surface area contributed by atoms with E-state index in [1.54, 1.807) is 6.08 Å². The molecule has 0 bridgehead atoms. The van der Waals surface area contributed by atoms with E-state index in [0.717, 1.165) is 38.5 Å². The van der Waals surface area contributed by atoms with E-state index in [0.29, 0.717) is 6.42 Å². The molecular formula is C62H117NO3. The molecule has 0 heterocycles. The van der Waals surface area contributed by atoms with E-state index in [-0.39, 0.29) is 12.5 Å². The van der Waals surface area contributed by atoms with Crippen LogP contribution < -0.4 is 5.32 Å². The summed E-state index contributed by atoms with van der Waals surface area (Å²) >= 11 is 0. The minimum atomic E-state index is -0.866. The first-order valence-electron chi connectivity index (χ1n) is 29.9. The SMILES string of the molecule is CCCCCCC/C=C\C/C=C\CCCCCCCCCCCC(=O)NC(CO)C(O)/C=C/CC/C=C/CCCCCCCCCCCCCCCCCCCCCCCCCCCCC. The standard InChI is InChI=1S/C62H117NO3/c1-3-5-7-9-11-13-15-17-19-21-23-25-26-27-28-29-30-31-32-33-34-35-36-38-39-41-43-45-47-49-51-53-55-57-61(65)60(59-64)63-62(66)58-56-54-52-50-48-46-44-42-40-37-24-22-20-18-16-14-12-10-8-6-4-2/h16,18,22,24,47,49,55,57,60-61,64-65H,3-15,17,19-21,23,25-46,48,50-54,56,58-59H2,1-2H3,(H,63,66)/b18-16-,24-22-,49-47+,57-55+. The maximum atomic E-state index is 12.5. The van der Waals surface area contributed by atoms with E-state index >= 15 is 0 Å². The number of aliphatic hydroxyl groups excluding tert-OH is 2. The molecular weight excluding hydrogens is 807 g/mol. The van der Waals surface area contributed by atoms with Crippen LogP contribution in [0, 0.1) is 0 Å². The van der Waals surface area contributed by atoms with Crippen molar-refractivity contribution in [2.75, 3.05) is 6.61 Å². The molecule has 1 amide bonds. The largest absolute Gasteiger partial charge is 0.394 e. The predicted molar refractivity (Wildman–Crippen MR) is 295 cm³/mol. The minimum absolute atomic E-state index is 0.0755. The van der Waals surface area contributed by atoms with Crippen molar-refractivity contribution in [2.24, 2.45) is 0 Å². The summed E-state index contributed by atoms with van der Waals surface area (Å²) < 4.78 is 0. The van der Waals surface area contributed by atoms with Gasteiger partial charge in [-0.3, -0.25) is 4.79 Å². The van der Waals surface area contributed by atoms with Gasteiger partial charge in [0.15, 0.2) is 0 Å². The van der Waals surface area contributed by atoms with Gasteiger partial charge in [0.1, 0.15) is 0 Å². The second kappa shape index (κ2) is 57.7. The number of nitrogens with one attached hydrogen (secondary N) is 1. The molecule has 4 heteroatoms. The third-order valence-electron chi connectivity index (χ3n) is 13.8. The van der Waals surface area contributed by atoms with Gasteiger partial charge in [-0.2, -0.15) is 0 Å². The molecule has 0 aliphatic rings. The van der Waals surface area contributed by atoms with E-state index < -0.39 is 12.1 Å². The van der Waals surface area contributed by atoms with Gasteiger partial charge in [-0.25, -0.2) is 0 Å². The number of hydrogen-bond donors (Lipinski definition) is 3. The van der Waals surface area contributed by atoms with Crippen LogP contribution in [0.3, 0.4) is 0 Å². The molecule has 2 atom stereocenters. The van der Waals surface area contributed by atoms with Crippen molar-refractivity contribution in [3.8, 4) is 0 Å². The summed E-state index contributed by atoms with van der Waals surface area (Å²) in [6.07, 6.45) is 80.1. The molecule has 0 aliphatic heterocycles. The van der Waals surface area contributed by atoms with Gasteiger partial charge in [-0.05, 0) is 64.2 Å². The van der Waals surface area contributed by atoms with Crippen LogP contribution in [0.25, 0.3) is 0 Å². The Morgan fingerprint density at radius 2 is 0.636 bits per heavy atom. The highest BCUT2D eigenvalue weighted by atomic mass is 16.3. The lowest BCUT2D eigenvalue weighted by Gasteiger charge is -2.19. The van der Waals surface area contributed by atoms with Crippen molar-refractivity contribution < 1.29 is 15.0 Å². The fourth-order valence-corrected chi connectivity index (χ4v) is 9.23. The Morgan fingerprint density at radius 3 is 0.970 bits per heavy atom. The van der Waals surface area contributed by atoms with Crippen LogP contribution in [0.1, 0.15) is 322 Å². The lowest BCUT2D eigenvalue weighted by molar-refractivity contribution is -0.123. The van der Waals surface area contributed by atoms with Gasteiger partial charge in [-0.1, -0.05) is 300 Å². The predicted octanol–water partition coefficient (Wildman–Crippen LogP) is 19.8. The Bertz CT molecular complexity index is 1050. The Balaban J connectivity index is 3.49. The third kappa shape index (κ3) is 53.3. The molecule has 4 nitrogen and oxygen atoms in total. The Morgan fingerprint density at radius 1 is 0.364 bits per heavy atom. The number of allylic oxidation sites excluding steroid dienone is 7. The van der Waals surface area contributed by atoms with Gasteiger partial charge in [-0.15, -0.1) is 0 Å². The van der Waals surface area contributed by atoms with Crippen molar-refractivity contribution in [2.45, 2.75) is 334 Å². The Kier molecular flexibility index (Phi) is 56.2. The number of carbonyl (C=O) groups excluding carboxylic acids is 1. The topological polar surface area (TPSA) is 69.6 Å². The van der Waals surface area contributed by atoms with Gasteiger partial charge >= 0.3 is 0 Å². The van der Waals surface area contributed by atoms with E-state index in [4.69, 9.17) is 0 Å². The van der Waals surface area contributed by atoms with Crippen LogP contribution in [-0.4, -0.2) is 34.9 Å². The second-order valence-electron chi connectivity index (χ2n) is 20.4. The van der Waals surface area contributed by atoms with Crippen LogP contribution in [0.4, 0.5) is 0 Å². The lowest BCUT2D eigenvalue weighted by Crippen LogP contribution is -2.45. The molecule has 0 rings (SSSR count). The van der Waals surface area contributed by atoms with E-state index in [2.05, 4.69) is 55.6 Å². The molecule has 2 unspecified atom stereocenters. The molecule has 0 aromatic heterocycles. The summed E-state index contributed by atoms with van der Waals surface area (Å²) in [6.45, 7) is 4.31. The number of hydrogen-bond acceptors (Lipinski definition) is 3. The summed E-state index contributed by atoms with van der Waals surface area (Å²) in [5.74, 6) is -0.0755. The third-order valence-corrected chi connectivity index (χ3v) is 13.8. The molecule has 0 radical (unpaired) electrons. The van der Waals surface area contributed by atoms with Gasteiger partial charge in [0.05, 0.1) is 18.8 Å². The molecule has 388 valence electrons. The molecule has 0 aliphatic carbocycles. The second-order valence-corrected chi connectivity index (χ2v) is 20.4. The number of carbonyl (C=O) groups is 1. The summed E-state index contributed by atoms with van der Waals surface area (Å²) in [4.78, 5) is 12.5. The fraction of sp³-hybridized carbons (Fsp3) is 0.855. The first kappa shape index (κ1) is 64.3. The number of rotatable bonds is 55. The van der Waals surface area contributed by atoms with Crippen molar-refractivity contribution in [3.63, 3.8) is 0 Å². The highest BCUT2D eigenvalue weighted by Crippen LogP contribution is 2.17. The van der Waals surface area contributed by atoms with Crippen LogP contribution in [0.5, 0.6) is 0 Å². The van der Waals surface area contributed by atoms with Gasteiger partial charge in [0, 0.05) is 6.42 Å². The molecule has 0 saturated carbocycles. The molecule has 3 N–H and O–H groups in total. The highest BCUT2D eigenvalue weighted by Gasteiger charge is 2.18. The molecule has 0 aromatic rings. The van der Waals surface area contributed by atoms with Crippen molar-refractivity contribution in [1.82, 2.24) is 5.32 Å². The average Bonchev–Trinajstić information content (AvgIpc) is 3.32. The highest BCUT2D eigenvalue weighted by molar-refractivity contribution is 5.76. The minimum Gasteiger partial charge on any atom is -0.394 e. The summed E-state index contributed by atoms with van der Waals surface area (Å²) in [6, 6.07) is -0.644. The van der Waals surface area contributed by atoms with Crippen molar-refractivity contribution >= 4 is 5.91 Å². The molecule has 0 fully saturated rings. The summed E-state index contributed by atoms with van der Waals surface area (Å²) in [5.41, 5.74) is 0. The van der Waals surface area contributed by atoms with Crippen LogP contribution >= 0.6 is 0 Å². The van der Waals surface area contributed by atoms with E-state index in [9.17, 15) is 15.0 Å². The van der Waals surface area contributed by atoms with Crippen LogP contribution in [0.15, 0.2) is 48.6 Å². The maximum absolute atomic E-state index is 12.5. The summed E-state index contributed by atoms with van der Waals surface area (Å²) in [5, 5.41) is 23.2. The van der Waals surface area contributed by atoms with E-state index in [1.165, 1.54) is 263 Å². The zero-order chi connectivity index (χ0) is 47.7. The first-order valence-corrected chi connectivity index (χ1v) is 29.9. The normalized spacial score (nSPS) is 13.1. The molecule has 0 aromatic carbocycles. The maximum Gasteiger partial charge on any atom is 0.220 e. The van der Waals surface area contributed by atoms with Crippen molar-refractivity contribution in [3.05, 3.63) is 48.6 Å². The number of unbranched alkanes of at least 4 members (excludes halogenated alkanes) is 42. The number of aliphatic hydroxyl groups is 2. The van der Waals surface area contributed by atoms with Crippen molar-refractivity contribution in [1.29, 1.82) is 0 Å². The first-order chi connectivity index (χ1) is 32.7. The smallest absolute Gasteiger partial charge is 0.220 e. The fourth-order valence-electron chi connectivity index (χ4n) is 9.23. The number of amides is 1. The molecule has 0 saturated heterocycles.